The van der Waals surface area contributed by atoms with E-state index in [1.165, 1.54) is 13.8 Å². The molecule has 14 N–H and O–H groups in total. The van der Waals surface area contributed by atoms with Crippen LogP contribution in [0.15, 0.2) is 23.3 Å². The van der Waals surface area contributed by atoms with Crippen LogP contribution in [0.2, 0.25) is 0 Å². The first-order chi connectivity index (χ1) is 41.0. The fraction of sp³-hybridized carbons (Fsp3) is 0.885. The lowest BCUT2D eigenvalue weighted by Crippen LogP contribution is -2.72. The minimum absolute atomic E-state index is 0.0311. The summed E-state index contributed by atoms with van der Waals surface area (Å²) in [5, 5.41) is 157. The molecule has 5 unspecified atom stereocenters. The lowest BCUT2D eigenvalue weighted by atomic mass is 9.33. The number of carbonyl (C=O) groups excluding carboxylic acids is 2. The Morgan fingerprint density at radius 1 is 0.636 bits per heavy atom. The molecule has 0 amide bonds. The SMILES string of the molecule is C/C=C(\C)C(=O)O[C@H]1[C@H](O)[C@]2(COC(C)=O)[C@H](O)C[C@]3(C)C(=CC[C@@H]4[C@@]5(C)CC[C@H](O[C@@H]6O[C@H](C(=O)O)[C@@H](O)[C@H](O[C@@H]7O[C@H](CO)[C@H](O)[C@H](O)[C@H]7OC7OC(C)C(O)C(O)C7O)[C@H]6O[C@@H]6O[C@H](CO)[C@@H](O)[C@H](O)[C@H]6O)C(C)(C)[C@@H]5CC[C@]43C)[C@@H]2CC1(C)C. The van der Waals surface area contributed by atoms with Crippen LogP contribution < -0.4 is 0 Å². The lowest BCUT2D eigenvalue weighted by molar-refractivity contribution is -0.406. The van der Waals surface area contributed by atoms with E-state index < -0.39 is 217 Å². The van der Waals surface area contributed by atoms with Crippen molar-refractivity contribution in [1.29, 1.82) is 0 Å². The van der Waals surface area contributed by atoms with E-state index in [-0.39, 0.29) is 24.9 Å². The maximum atomic E-state index is 13.4. The second-order valence-electron chi connectivity index (χ2n) is 28.5. The second kappa shape index (κ2) is 25.4. The Balaban J connectivity index is 1.05. The molecule has 5 aliphatic carbocycles. The molecule has 0 spiro atoms. The van der Waals surface area contributed by atoms with Crippen molar-refractivity contribution in [2.75, 3.05) is 19.8 Å². The summed E-state index contributed by atoms with van der Waals surface area (Å²) in [6.07, 6.45) is -35.5. The van der Waals surface area contributed by atoms with Gasteiger partial charge in [-0.1, -0.05) is 66.2 Å². The summed E-state index contributed by atoms with van der Waals surface area (Å²) in [7, 11) is 0. The zero-order valence-corrected chi connectivity index (χ0v) is 51.9. The smallest absolute Gasteiger partial charge is 0.335 e. The Bertz CT molecular complexity index is 2580. The molecule has 4 heterocycles. The highest BCUT2D eigenvalue weighted by atomic mass is 16.8. The summed E-state index contributed by atoms with van der Waals surface area (Å²) in [5.74, 6) is -3.61. The molecule has 0 aromatic rings. The quantitative estimate of drug-likeness (QED) is 0.0386. The molecule has 4 saturated carbocycles. The van der Waals surface area contributed by atoms with Gasteiger partial charge in [-0.15, -0.1) is 0 Å². The molecule has 27 nitrogen and oxygen atoms in total. The Labute approximate surface area is 511 Å². The number of aliphatic hydroxyl groups is 13. The van der Waals surface area contributed by atoms with E-state index in [0.717, 1.165) is 5.57 Å². The van der Waals surface area contributed by atoms with Crippen LogP contribution in [-0.2, 0) is 61.8 Å². The lowest BCUT2D eigenvalue weighted by Gasteiger charge is -2.72. The first-order valence-corrected chi connectivity index (χ1v) is 30.9. The Kier molecular flexibility index (Phi) is 20.0. The van der Waals surface area contributed by atoms with Crippen LogP contribution in [0.25, 0.3) is 0 Å². The molecule has 88 heavy (non-hydrogen) atoms. The molecule has 9 aliphatic rings. The van der Waals surface area contributed by atoms with Crippen LogP contribution >= 0.6 is 0 Å². The van der Waals surface area contributed by atoms with Crippen LogP contribution in [0, 0.1) is 50.2 Å². The molecule has 502 valence electrons. The molecule has 9 rings (SSSR count). The Morgan fingerprint density at radius 2 is 1.20 bits per heavy atom. The monoisotopic (exact) mass is 1260 g/mol. The van der Waals surface area contributed by atoms with Crippen LogP contribution in [-0.4, -0.2) is 256 Å². The molecule has 0 bridgehead atoms. The molecule has 4 saturated heterocycles. The van der Waals surface area contributed by atoms with Crippen molar-refractivity contribution in [3.05, 3.63) is 23.3 Å². The van der Waals surface area contributed by atoms with Gasteiger partial charge in [0.25, 0.3) is 0 Å². The normalized spacial score (nSPS) is 50.9. The Morgan fingerprint density at radius 3 is 1.81 bits per heavy atom. The van der Waals surface area contributed by atoms with Gasteiger partial charge in [-0.2, -0.15) is 0 Å². The third-order valence-corrected chi connectivity index (χ3v) is 23.0. The summed E-state index contributed by atoms with van der Waals surface area (Å²) in [5.41, 5.74) is -3.32. The first kappa shape index (κ1) is 69.4. The molecule has 0 aromatic heterocycles. The van der Waals surface area contributed by atoms with Crippen molar-refractivity contribution < 1.29 is 133 Å². The molecule has 27 heteroatoms. The maximum absolute atomic E-state index is 13.4. The summed E-state index contributed by atoms with van der Waals surface area (Å²) >= 11 is 0. The van der Waals surface area contributed by atoms with Crippen molar-refractivity contribution in [3.63, 3.8) is 0 Å². The summed E-state index contributed by atoms with van der Waals surface area (Å²) in [4.78, 5) is 39.2. The number of hydrogen-bond acceptors (Lipinski definition) is 26. The van der Waals surface area contributed by atoms with Gasteiger partial charge >= 0.3 is 17.9 Å². The zero-order valence-electron chi connectivity index (χ0n) is 51.9. The predicted octanol–water partition coefficient (Wildman–Crippen LogP) is -1.44. The van der Waals surface area contributed by atoms with Gasteiger partial charge in [0, 0.05) is 17.9 Å². The topological polar surface area (TPSA) is 427 Å². The fourth-order valence-electron chi connectivity index (χ4n) is 17.5. The second-order valence-corrected chi connectivity index (χ2v) is 28.5. The number of allylic oxidation sites excluding steroid dienone is 3. The van der Waals surface area contributed by atoms with Crippen molar-refractivity contribution in [2.24, 2.45) is 50.2 Å². The highest BCUT2D eigenvalue weighted by Crippen LogP contribution is 2.76. The molecular formula is C61H96O27. The van der Waals surface area contributed by atoms with Gasteiger partial charge in [0.05, 0.1) is 36.9 Å². The average Bonchev–Trinajstić information content (AvgIpc) is 0.674. The van der Waals surface area contributed by atoms with Gasteiger partial charge in [-0.25, -0.2) is 9.59 Å². The number of aliphatic carboxylic acids is 1. The van der Waals surface area contributed by atoms with Crippen molar-refractivity contribution in [3.8, 4) is 0 Å². The molecule has 4 aliphatic heterocycles. The van der Waals surface area contributed by atoms with E-state index in [0.29, 0.717) is 44.1 Å². The number of carboxylic acid groups (broad SMARTS) is 1. The molecular weight excluding hydrogens is 1160 g/mol. The van der Waals surface area contributed by atoms with Crippen molar-refractivity contribution >= 4 is 17.9 Å². The van der Waals surface area contributed by atoms with E-state index in [1.54, 1.807) is 19.9 Å². The standard InChI is InChI=1S/C61H96O27/c1-12-24(2)51(78)88-49-48(75)61(23-79-26(4)64)28(19-56(49,5)6)27-13-14-32-58(9)17-16-34(57(7,8)31(58)15-18-59(32,10)60(27,11)20-33(61)65)83-55-47(87-53-42(73)39(70)36(67)29(21-62)81-53)44(43(74)45(85-55)50(76)77)84-54-46(40(71)37(68)30(22-63)82-54)86-52-41(72)38(69)35(66)25(3)80-52/h12-13,25,28-49,52-55,62-63,65-75H,14-23H2,1-11H3,(H,76,77)/b24-12+/t25?,28-,29+,30+,31-,32+,33+,34-,35?,36+,37-,38?,39-,40-,41?,42+,43-,44-,45-,46+,47+,48-,49-,52?,53-,54-,55+,58-,59+,60+,61-/m0/s1. The molecule has 0 aromatic carbocycles. The molecule has 8 fully saturated rings. The number of ether oxygens (including phenoxy) is 10. The van der Waals surface area contributed by atoms with E-state index in [9.17, 15) is 85.9 Å². The van der Waals surface area contributed by atoms with Crippen LogP contribution in [0.1, 0.15) is 121 Å². The molecule has 0 radical (unpaired) electrons. The number of carbonyl (C=O) groups is 3. The minimum Gasteiger partial charge on any atom is -0.479 e. The van der Waals surface area contributed by atoms with Gasteiger partial charge in [0.1, 0.15) is 104 Å². The third kappa shape index (κ3) is 11.4. The number of esters is 2. The number of rotatable bonds is 15. The minimum atomic E-state index is -2.29. The van der Waals surface area contributed by atoms with E-state index in [1.807, 2.05) is 27.7 Å². The largest absolute Gasteiger partial charge is 0.479 e. The van der Waals surface area contributed by atoms with Crippen LogP contribution in [0.5, 0.6) is 0 Å². The summed E-state index contributed by atoms with van der Waals surface area (Å²) < 4.78 is 61.0. The van der Waals surface area contributed by atoms with E-state index in [2.05, 4.69) is 26.8 Å². The van der Waals surface area contributed by atoms with E-state index >= 15 is 0 Å². The van der Waals surface area contributed by atoms with Crippen LogP contribution in [0.3, 0.4) is 0 Å². The Hall–Kier alpha value is -2.95. The third-order valence-electron chi connectivity index (χ3n) is 23.0. The van der Waals surface area contributed by atoms with Crippen molar-refractivity contribution in [2.45, 2.75) is 268 Å². The average molecular weight is 1260 g/mol. The molecule has 31 atom stereocenters. The van der Waals surface area contributed by atoms with Crippen molar-refractivity contribution in [1.82, 2.24) is 0 Å². The fourth-order valence-corrected chi connectivity index (χ4v) is 17.5. The summed E-state index contributed by atoms with van der Waals surface area (Å²) in [6, 6.07) is 0. The van der Waals surface area contributed by atoms with E-state index in [4.69, 9.17) is 47.4 Å². The highest BCUT2D eigenvalue weighted by Gasteiger charge is 2.74. The zero-order chi connectivity index (χ0) is 65.0. The summed E-state index contributed by atoms with van der Waals surface area (Å²) in [6.45, 7) is 18.4. The maximum Gasteiger partial charge on any atom is 0.335 e. The first-order valence-electron chi connectivity index (χ1n) is 30.9. The number of hydrogen-bond donors (Lipinski definition) is 14. The predicted molar refractivity (Wildman–Crippen MR) is 299 cm³/mol. The number of carboxylic acids is 1. The van der Waals surface area contributed by atoms with Gasteiger partial charge in [0.2, 0.25) is 0 Å². The van der Waals surface area contributed by atoms with Gasteiger partial charge < -0.3 is 119 Å². The van der Waals surface area contributed by atoms with Gasteiger partial charge in [-0.05, 0) is 105 Å². The van der Waals surface area contributed by atoms with Gasteiger partial charge in [-0.3, -0.25) is 4.79 Å². The number of fused-ring (bicyclic) bond motifs is 7. The van der Waals surface area contributed by atoms with Gasteiger partial charge in [0.15, 0.2) is 31.3 Å². The van der Waals surface area contributed by atoms with Crippen LogP contribution in [0.4, 0.5) is 0 Å². The highest BCUT2D eigenvalue weighted by molar-refractivity contribution is 5.87. The number of aliphatic hydroxyl groups excluding tert-OH is 13.